The molecule has 2 aliphatic carbocycles. The summed E-state index contributed by atoms with van der Waals surface area (Å²) in [6.45, 7) is 18.6. The van der Waals surface area contributed by atoms with Gasteiger partial charge in [-0.05, 0) is 0 Å². The fourth-order valence-electron chi connectivity index (χ4n) is 9.18. The Balaban J connectivity index is 1.51. The number of rotatable bonds is 8. The number of fused-ring (bicyclic) bond motifs is 2. The van der Waals surface area contributed by atoms with E-state index in [4.69, 9.17) is 0 Å². The summed E-state index contributed by atoms with van der Waals surface area (Å²) in [5.41, 5.74) is 14.5. The van der Waals surface area contributed by atoms with Crippen LogP contribution in [-0.2, 0) is 28.8 Å². The normalized spacial score (nSPS) is 17.5. The predicted octanol–water partition coefficient (Wildman–Crippen LogP) is 14.0. The van der Waals surface area contributed by atoms with Crippen molar-refractivity contribution in [2.24, 2.45) is 0 Å². The van der Waals surface area contributed by atoms with Crippen LogP contribution in [0.4, 0.5) is 0 Å². The summed E-state index contributed by atoms with van der Waals surface area (Å²) in [6.07, 6.45) is 15.2. The Hall–Kier alpha value is -2.90. The zero-order valence-corrected chi connectivity index (χ0v) is 35.0. The van der Waals surface area contributed by atoms with Crippen molar-refractivity contribution in [2.75, 3.05) is 0 Å². The monoisotopic (exact) mass is 802 g/mol. The molecule has 0 aliphatic heterocycles. The summed E-state index contributed by atoms with van der Waals surface area (Å²) >= 11 is -4.08. The van der Waals surface area contributed by atoms with Crippen molar-refractivity contribution in [1.29, 1.82) is 0 Å². The first-order valence-electron chi connectivity index (χ1n) is 18.6. The van der Waals surface area contributed by atoms with Crippen molar-refractivity contribution in [3.8, 4) is 22.3 Å². The quantitative estimate of drug-likeness (QED) is 0.156. The van der Waals surface area contributed by atoms with Crippen LogP contribution in [0.1, 0.15) is 122 Å². The second kappa shape index (κ2) is 12.8. The van der Waals surface area contributed by atoms with Crippen molar-refractivity contribution >= 4 is 15.4 Å². The minimum absolute atomic E-state index is 0.152. The van der Waals surface area contributed by atoms with Crippen LogP contribution in [0.5, 0.6) is 0 Å². The van der Waals surface area contributed by atoms with Gasteiger partial charge in [0.05, 0.1) is 0 Å². The Labute approximate surface area is 293 Å². The molecule has 1 heteroatoms. The van der Waals surface area contributed by atoms with E-state index in [2.05, 4.69) is 174 Å². The molecule has 0 aromatic heterocycles. The van der Waals surface area contributed by atoms with Gasteiger partial charge < -0.3 is 0 Å². The van der Waals surface area contributed by atoms with Crippen LogP contribution in [-0.4, -0.2) is 3.26 Å². The van der Waals surface area contributed by atoms with Gasteiger partial charge in [-0.2, -0.15) is 0 Å². The van der Waals surface area contributed by atoms with Gasteiger partial charge in [0.25, 0.3) is 0 Å². The van der Waals surface area contributed by atoms with E-state index >= 15 is 0 Å². The molecule has 4 aromatic carbocycles. The third kappa shape index (κ3) is 5.97. The Morgan fingerprint density at radius 3 is 1.25 bits per heavy atom. The van der Waals surface area contributed by atoms with Gasteiger partial charge in [-0.25, -0.2) is 0 Å². The molecule has 2 aliphatic rings. The number of benzene rings is 4. The van der Waals surface area contributed by atoms with Crippen LogP contribution in [0, 0.1) is 0 Å². The van der Waals surface area contributed by atoms with Crippen LogP contribution in [0.25, 0.3) is 34.4 Å². The van der Waals surface area contributed by atoms with E-state index in [0.717, 1.165) is 0 Å². The minimum atomic E-state index is -4.08. The van der Waals surface area contributed by atoms with Crippen LogP contribution in [0.3, 0.4) is 0 Å². The van der Waals surface area contributed by atoms with E-state index in [1.165, 1.54) is 70.2 Å². The standard InChI is InChI=1S/2C19H19.C7H14.2CH3.Hf/c2*1-19(2,3)16-12-10-15(11-13-16)18-9-5-7-14-6-4-8-17(14)18;1-3-5-7-6-4-2;;;/h2*4-13H,1-3H3;3-6H2,1-2H3;2*1H3;. The second-order valence-electron chi connectivity index (χ2n) is 17.7. The van der Waals surface area contributed by atoms with Crippen molar-refractivity contribution in [1.82, 2.24) is 0 Å². The van der Waals surface area contributed by atoms with Gasteiger partial charge in [-0.3, -0.25) is 0 Å². The molecule has 0 radical (unpaired) electrons. The Morgan fingerprint density at radius 2 is 0.917 bits per heavy atom. The molecule has 0 saturated heterocycles. The van der Waals surface area contributed by atoms with Gasteiger partial charge >= 0.3 is 295 Å². The first-order chi connectivity index (χ1) is 22.7. The molecule has 0 heterocycles. The van der Waals surface area contributed by atoms with E-state index in [1.807, 2.05) is 3.26 Å². The van der Waals surface area contributed by atoms with Crippen LogP contribution < -0.4 is 0 Å². The summed E-state index contributed by atoms with van der Waals surface area (Å²) in [6, 6.07) is 33.0. The van der Waals surface area contributed by atoms with Crippen LogP contribution in [0.2, 0.25) is 9.36 Å². The summed E-state index contributed by atoms with van der Waals surface area (Å²) < 4.78 is 8.55. The molecule has 2 atom stereocenters. The topological polar surface area (TPSA) is 0 Å². The molecule has 4 aromatic rings. The molecular formula is C47H58Hf. The fourth-order valence-corrected chi connectivity index (χ4v) is 34.8. The van der Waals surface area contributed by atoms with Gasteiger partial charge in [0.1, 0.15) is 0 Å². The molecular weight excluding hydrogens is 743 g/mol. The number of hydrogen-bond acceptors (Lipinski definition) is 0. The van der Waals surface area contributed by atoms with E-state index in [9.17, 15) is 0 Å². The molecule has 0 spiro atoms. The Morgan fingerprint density at radius 1 is 0.542 bits per heavy atom. The molecule has 0 fully saturated rings. The molecule has 6 rings (SSSR count). The van der Waals surface area contributed by atoms with Gasteiger partial charge in [0.2, 0.25) is 0 Å². The summed E-state index contributed by atoms with van der Waals surface area (Å²) in [4.78, 5) is 0. The maximum atomic E-state index is 2.83. The van der Waals surface area contributed by atoms with E-state index < -0.39 is 18.0 Å². The molecule has 48 heavy (non-hydrogen) atoms. The second-order valence-corrected chi connectivity index (χ2v) is 43.4. The van der Waals surface area contributed by atoms with Gasteiger partial charge in [-0.15, -0.1) is 0 Å². The van der Waals surface area contributed by atoms with Crippen LogP contribution >= 0.6 is 0 Å². The fraction of sp³-hybridized carbons (Fsp3) is 0.383. The zero-order valence-electron chi connectivity index (χ0n) is 31.4. The Kier molecular flexibility index (Phi) is 9.30. The molecule has 0 N–H and O–H groups in total. The first kappa shape index (κ1) is 34.9. The average molecular weight is 801 g/mol. The third-order valence-corrected chi connectivity index (χ3v) is 39.3. The predicted molar refractivity (Wildman–Crippen MR) is 211 cm³/mol. The number of allylic oxidation sites excluding steroid dienone is 2. The van der Waals surface area contributed by atoms with Gasteiger partial charge in [-0.1, -0.05) is 0 Å². The van der Waals surface area contributed by atoms with E-state index in [0.29, 0.717) is 7.35 Å². The summed E-state index contributed by atoms with van der Waals surface area (Å²) in [7, 11) is 0. The van der Waals surface area contributed by atoms with Crippen molar-refractivity contribution < 1.29 is 18.0 Å². The Bertz CT molecular complexity index is 1800. The maximum absolute atomic E-state index is 4.08. The molecule has 0 bridgehead atoms. The van der Waals surface area contributed by atoms with E-state index in [-0.39, 0.29) is 10.8 Å². The van der Waals surface area contributed by atoms with E-state index in [1.54, 1.807) is 11.1 Å². The zero-order chi connectivity index (χ0) is 34.5. The molecule has 0 amide bonds. The van der Waals surface area contributed by atoms with Crippen LogP contribution in [0.15, 0.2) is 97.1 Å². The van der Waals surface area contributed by atoms with Crippen molar-refractivity contribution in [3.05, 3.63) is 130 Å². The van der Waals surface area contributed by atoms with Gasteiger partial charge in [0.15, 0.2) is 0 Å². The first-order valence-corrected chi connectivity index (χ1v) is 31.7. The summed E-state index contributed by atoms with van der Waals surface area (Å²) in [5.74, 6) is 0. The van der Waals surface area contributed by atoms with Gasteiger partial charge in [0, 0.05) is 0 Å². The summed E-state index contributed by atoms with van der Waals surface area (Å²) in [5, 5.41) is 0. The molecule has 2 unspecified atom stereocenters. The van der Waals surface area contributed by atoms with Crippen molar-refractivity contribution in [3.63, 3.8) is 0 Å². The molecule has 0 saturated carbocycles. The SMILES string of the molecule is CCC[C](CCC)=[Hf]([CH3])([CH3])([CH]1C=Cc2c(-c3ccc(C(C)(C)C)cc3)cccc21)[CH]1C=Cc2c(-c3ccc(C(C)(C)C)cc3)cccc21. The number of hydrogen-bond donors (Lipinski definition) is 0. The molecule has 0 nitrogen and oxygen atoms in total. The third-order valence-electron chi connectivity index (χ3n) is 12.1. The molecule has 250 valence electrons. The van der Waals surface area contributed by atoms with Crippen molar-refractivity contribution in [2.45, 2.75) is 109 Å². The average Bonchev–Trinajstić information content (AvgIpc) is 3.70.